The summed E-state index contributed by atoms with van der Waals surface area (Å²) in [5, 5.41) is 0. The van der Waals surface area contributed by atoms with Gasteiger partial charge in [-0.25, -0.2) is 0 Å². The number of ether oxygens (including phenoxy) is 2. The van der Waals surface area contributed by atoms with Crippen LogP contribution in [-0.4, -0.2) is 14.2 Å². The maximum atomic E-state index is 5.35. The third-order valence-electron chi connectivity index (χ3n) is 2.11. The molecular weight excluding hydrogens is 244 g/mol. The van der Waals surface area contributed by atoms with Crippen LogP contribution in [-0.2, 0) is 0 Å². The van der Waals surface area contributed by atoms with Crippen molar-refractivity contribution in [2.24, 2.45) is 0 Å². The Morgan fingerprint density at radius 3 is 2.21 bits per heavy atom. The molecule has 2 nitrogen and oxygen atoms in total. The Hall–Kier alpha value is -0.700. The molecule has 1 aromatic carbocycles. The van der Waals surface area contributed by atoms with Crippen LogP contribution in [0.3, 0.4) is 0 Å². The highest BCUT2D eigenvalue weighted by Crippen LogP contribution is 2.40. The van der Waals surface area contributed by atoms with E-state index in [4.69, 9.17) is 9.47 Å². The van der Waals surface area contributed by atoms with E-state index >= 15 is 0 Å². The smallest absolute Gasteiger partial charge is 0.165 e. The molecule has 0 heterocycles. The van der Waals surface area contributed by atoms with Gasteiger partial charge in [0.25, 0.3) is 0 Å². The van der Waals surface area contributed by atoms with Crippen LogP contribution < -0.4 is 9.47 Å². The molecule has 0 radical (unpaired) electrons. The minimum absolute atomic E-state index is 0.398. The Morgan fingerprint density at radius 2 is 1.79 bits per heavy atom. The van der Waals surface area contributed by atoms with Gasteiger partial charge in [0.2, 0.25) is 0 Å². The third-order valence-corrected chi connectivity index (χ3v) is 2.80. The van der Waals surface area contributed by atoms with Crippen molar-refractivity contribution in [3.63, 3.8) is 0 Å². The summed E-state index contributed by atoms with van der Waals surface area (Å²) in [6.45, 7) is 4.25. The molecule has 0 aliphatic heterocycles. The molecule has 3 heteroatoms. The summed E-state index contributed by atoms with van der Waals surface area (Å²) in [5.74, 6) is 1.99. The Kier molecular flexibility index (Phi) is 3.81. The zero-order chi connectivity index (χ0) is 10.7. The lowest BCUT2D eigenvalue weighted by Gasteiger charge is -2.16. The van der Waals surface area contributed by atoms with Crippen LogP contribution in [0.25, 0.3) is 0 Å². The minimum atomic E-state index is 0.398. The van der Waals surface area contributed by atoms with Gasteiger partial charge in [-0.15, -0.1) is 0 Å². The molecule has 0 saturated heterocycles. The molecule has 0 spiro atoms. The van der Waals surface area contributed by atoms with Crippen molar-refractivity contribution in [1.29, 1.82) is 0 Å². The minimum Gasteiger partial charge on any atom is -0.493 e. The van der Waals surface area contributed by atoms with Gasteiger partial charge in [0.15, 0.2) is 11.5 Å². The predicted octanol–water partition coefficient (Wildman–Crippen LogP) is 3.59. The monoisotopic (exact) mass is 258 g/mol. The van der Waals surface area contributed by atoms with Crippen LogP contribution in [0.2, 0.25) is 0 Å². The van der Waals surface area contributed by atoms with Crippen molar-refractivity contribution in [3.8, 4) is 11.5 Å². The maximum absolute atomic E-state index is 5.35. The Labute approximate surface area is 93.4 Å². The van der Waals surface area contributed by atoms with Crippen LogP contribution in [0.1, 0.15) is 25.3 Å². The van der Waals surface area contributed by atoms with Gasteiger partial charge in [-0.3, -0.25) is 0 Å². The molecule has 1 aromatic rings. The summed E-state index contributed by atoms with van der Waals surface area (Å²) >= 11 is 3.52. The molecule has 0 unspecified atom stereocenters. The van der Waals surface area contributed by atoms with Crippen LogP contribution in [0.5, 0.6) is 11.5 Å². The van der Waals surface area contributed by atoms with Gasteiger partial charge >= 0.3 is 0 Å². The quantitative estimate of drug-likeness (QED) is 0.825. The molecule has 0 amide bonds. The summed E-state index contributed by atoms with van der Waals surface area (Å²) in [4.78, 5) is 0. The summed E-state index contributed by atoms with van der Waals surface area (Å²) in [6.07, 6.45) is 0. The van der Waals surface area contributed by atoms with E-state index in [-0.39, 0.29) is 0 Å². The highest BCUT2D eigenvalue weighted by atomic mass is 79.9. The standard InChI is InChI=1S/C11H15BrO2/c1-7(2)10-8(12)5-6-9(13-3)11(10)14-4/h5-7H,1-4H3. The molecule has 0 bridgehead atoms. The first kappa shape index (κ1) is 11.4. The zero-order valence-corrected chi connectivity index (χ0v) is 10.5. The molecule has 0 aliphatic rings. The van der Waals surface area contributed by atoms with Crippen LogP contribution in [0.4, 0.5) is 0 Å². The molecule has 0 atom stereocenters. The second kappa shape index (κ2) is 4.69. The number of rotatable bonds is 3. The fourth-order valence-electron chi connectivity index (χ4n) is 1.46. The average molecular weight is 259 g/mol. The van der Waals surface area contributed by atoms with Gasteiger partial charge < -0.3 is 9.47 Å². The van der Waals surface area contributed by atoms with Gasteiger partial charge in [0.1, 0.15) is 0 Å². The van der Waals surface area contributed by atoms with E-state index in [1.165, 1.54) is 0 Å². The second-order valence-electron chi connectivity index (χ2n) is 3.35. The fraction of sp³-hybridized carbons (Fsp3) is 0.455. The molecule has 0 fully saturated rings. The fourth-order valence-corrected chi connectivity index (χ4v) is 2.23. The lowest BCUT2D eigenvalue weighted by atomic mass is 10.0. The molecule has 0 aromatic heterocycles. The maximum Gasteiger partial charge on any atom is 0.165 e. The topological polar surface area (TPSA) is 18.5 Å². The lowest BCUT2D eigenvalue weighted by molar-refractivity contribution is 0.350. The van der Waals surface area contributed by atoms with E-state index in [2.05, 4.69) is 29.8 Å². The number of halogens is 1. The summed E-state index contributed by atoms with van der Waals surface area (Å²) in [7, 11) is 3.31. The van der Waals surface area contributed by atoms with E-state index < -0.39 is 0 Å². The molecule has 0 saturated carbocycles. The van der Waals surface area contributed by atoms with Crippen molar-refractivity contribution in [2.45, 2.75) is 19.8 Å². The van der Waals surface area contributed by atoms with Crippen molar-refractivity contribution in [2.75, 3.05) is 14.2 Å². The van der Waals surface area contributed by atoms with Crippen LogP contribution in [0.15, 0.2) is 16.6 Å². The number of hydrogen-bond acceptors (Lipinski definition) is 2. The molecule has 0 aliphatic carbocycles. The number of hydrogen-bond donors (Lipinski definition) is 0. The molecule has 14 heavy (non-hydrogen) atoms. The van der Waals surface area contributed by atoms with E-state index in [1.807, 2.05) is 12.1 Å². The SMILES string of the molecule is COc1ccc(Br)c(C(C)C)c1OC. The molecule has 0 N–H and O–H groups in total. The van der Waals surface area contributed by atoms with Gasteiger partial charge in [-0.2, -0.15) is 0 Å². The molecular formula is C11H15BrO2. The Bertz CT molecular complexity index is 321. The predicted molar refractivity (Wildman–Crippen MR) is 61.3 cm³/mol. The van der Waals surface area contributed by atoms with Crippen LogP contribution in [0, 0.1) is 0 Å². The summed E-state index contributed by atoms with van der Waals surface area (Å²) in [5.41, 5.74) is 1.15. The van der Waals surface area contributed by atoms with Crippen molar-refractivity contribution in [3.05, 3.63) is 22.2 Å². The molecule has 1 rings (SSSR count). The largest absolute Gasteiger partial charge is 0.493 e. The average Bonchev–Trinajstić information content (AvgIpc) is 2.16. The van der Waals surface area contributed by atoms with Gasteiger partial charge in [0, 0.05) is 10.0 Å². The van der Waals surface area contributed by atoms with Gasteiger partial charge in [-0.1, -0.05) is 29.8 Å². The van der Waals surface area contributed by atoms with Crippen LogP contribution >= 0.6 is 15.9 Å². The van der Waals surface area contributed by atoms with Crippen molar-refractivity contribution < 1.29 is 9.47 Å². The second-order valence-corrected chi connectivity index (χ2v) is 4.21. The van der Waals surface area contributed by atoms with Crippen molar-refractivity contribution in [1.82, 2.24) is 0 Å². The summed E-state index contributed by atoms with van der Waals surface area (Å²) < 4.78 is 11.7. The van der Waals surface area contributed by atoms with E-state index in [0.717, 1.165) is 21.5 Å². The highest BCUT2D eigenvalue weighted by Gasteiger charge is 2.15. The normalized spacial score (nSPS) is 10.4. The Balaban J connectivity index is 3.35. The third kappa shape index (κ3) is 2.03. The number of benzene rings is 1. The van der Waals surface area contributed by atoms with E-state index in [9.17, 15) is 0 Å². The first-order valence-corrected chi connectivity index (χ1v) is 5.31. The first-order chi connectivity index (χ1) is 6.61. The van der Waals surface area contributed by atoms with Gasteiger partial charge in [-0.05, 0) is 18.1 Å². The van der Waals surface area contributed by atoms with E-state index in [0.29, 0.717) is 5.92 Å². The molecule has 78 valence electrons. The van der Waals surface area contributed by atoms with E-state index in [1.54, 1.807) is 14.2 Å². The van der Waals surface area contributed by atoms with Crippen molar-refractivity contribution >= 4 is 15.9 Å². The zero-order valence-electron chi connectivity index (χ0n) is 8.93. The lowest BCUT2D eigenvalue weighted by Crippen LogP contribution is -1.98. The first-order valence-electron chi connectivity index (χ1n) is 4.52. The van der Waals surface area contributed by atoms with Gasteiger partial charge in [0.05, 0.1) is 14.2 Å². The number of methoxy groups -OCH3 is 2. The Morgan fingerprint density at radius 1 is 1.14 bits per heavy atom. The highest BCUT2D eigenvalue weighted by molar-refractivity contribution is 9.10. The summed E-state index contributed by atoms with van der Waals surface area (Å²) in [6, 6.07) is 3.88.